The molecule has 1 unspecified atom stereocenters. The second kappa shape index (κ2) is 5.68. The van der Waals surface area contributed by atoms with Gasteiger partial charge in [0.2, 0.25) is 5.91 Å². The van der Waals surface area contributed by atoms with E-state index in [0.717, 1.165) is 11.3 Å². The molecular formula is C13H20N2O2. The maximum atomic E-state index is 11.8. The topological polar surface area (TPSA) is 55.6 Å². The molecule has 2 atom stereocenters. The number of hydrogen-bond donors (Lipinski definition) is 1. The van der Waals surface area contributed by atoms with E-state index in [4.69, 9.17) is 10.5 Å². The van der Waals surface area contributed by atoms with Crippen molar-refractivity contribution in [1.29, 1.82) is 0 Å². The molecule has 0 radical (unpaired) electrons. The van der Waals surface area contributed by atoms with Gasteiger partial charge in [-0.25, -0.2) is 0 Å². The van der Waals surface area contributed by atoms with Gasteiger partial charge in [-0.3, -0.25) is 4.79 Å². The lowest BCUT2D eigenvalue weighted by Crippen LogP contribution is -2.40. The van der Waals surface area contributed by atoms with Gasteiger partial charge in [-0.1, -0.05) is 12.1 Å². The molecule has 0 aliphatic heterocycles. The number of nitrogens with zero attached hydrogens (tertiary/aromatic N) is 1. The van der Waals surface area contributed by atoms with Crippen LogP contribution in [0.25, 0.3) is 0 Å². The van der Waals surface area contributed by atoms with E-state index in [-0.39, 0.29) is 11.9 Å². The zero-order valence-corrected chi connectivity index (χ0v) is 10.8. The Balaban J connectivity index is 2.81. The summed E-state index contributed by atoms with van der Waals surface area (Å²) in [6, 6.07) is 7.20. The van der Waals surface area contributed by atoms with Crippen molar-refractivity contribution in [2.75, 3.05) is 14.2 Å². The summed E-state index contributed by atoms with van der Waals surface area (Å²) >= 11 is 0. The van der Waals surface area contributed by atoms with Gasteiger partial charge >= 0.3 is 0 Å². The normalized spacial score (nSPS) is 13.9. The molecule has 0 heterocycles. The zero-order chi connectivity index (χ0) is 13.0. The molecular weight excluding hydrogens is 216 g/mol. The molecule has 1 amide bonds. The number of benzene rings is 1. The van der Waals surface area contributed by atoms with Gasteiger partial charge in [-0.2, -0.15) is 0 Å². The third-order valence-electron chi connectivity index (χ3n) is 2.92. The highest BCUT2D eigenvalue weighted by atomic mass is 16.5. The monoisotopic (exact) mass is 236 g/mol. The summed E-state index contributed by atoms with van der Waals surface area (Å²) in [5.41, 5.74) is 6.64. The fourth-order valence-corrected chi connectivity index (χ4v) is 1.62. The lowest BCUT2D eigenvalue weighted by Gasteiger charge is -2.27. The van der Waals surface area contributed by atoms with Crippen LogP contribution in [-0.2, 0) is 4.79 Å². The lowest BCUT2D eigenvalue weighted by atomic mass is 10.1. The Labute approximate surface area is 102 Å². The van der Waals surface area contributed by atoms with Crippen LogP contribution >= 0.6 is 0 Å². The Bertz CT molecular complexity index is 374. The van der Waals surface area contributed by atoms with E-state index >= 15 is 0 Å². The van der Waals surface area contributed by atoms with Crippen molar-refractivity contribution in [1.82, 2.24) is 4.90 Å². The molecule has 94 valence electrons. The molecule has 0 aromatic heterocycles. The number of ether oxygens (including phenoxy) is 1. The van der Waals surface area contributed by atoms with Crippen LogP contribution in [0.4, 0.5) is 0 Å². The minimum Gasteiger partial charge on any atom is -0.497 e. The fraction of sp³-hybridized carbons (Fsp3) is 0.462. The number of carbonyl (C=O) groups excluding carboxylic acids is 1. The van der Waals surface area contributed by atoms with Gasteiger partial charge in [0.05, 0.1) is 19.2 Å². The highest BCUT2D eigenvalue weighted by molar-refractivity contribution is 5.81. The van der Waals surface area contributed by atoms with Crippen LogP contribution in [0.5, 0.6) is 5.75 Å². The Morgan fingerprint density at radius 2 is 1.82 bits per heavy atom. The minimum absolute atomic E-state index is 0.000550. The largest absolute Gasteiger partial charge is 0.497 e. The predicted molar refractivity (Wildman–Crippen MR) is 67.8 cm³/mol. The molecule has 0 saturated heterocycles. The molecule has 0 fully saturated rings. The summed E-state index contributed by atoms with van der Waals surface area (Å²) in [7, 11) is 3.39. The summed E-state index contributed by atoms with van der Waals surface area (Å²) < 4.78 is 5.09. The summed E-state index contributed by atoms with van der Waals surface area (Å²) in [6.07, 6.45) is 0. The Kier molecular flexibility index (Phi) is 4.52. The predicted octanol–water partition coefficient (Wildman–Crippen LogP) is 1.56. The van der Waals surface area contributed by atoms with E-state index in [1.807, 2.05) is 31.2 Å². The van der Waals surface area contributed by atoms with Gasteiger partial charge in [0.1, 0.15) is 5.75 Å². The maximum absolute atomic E-state index is 11.8. The van der Waals surface area contributed by atoms with Crippen molar-refractivity contribution in [3.05, 3.63) is 29.8 Å². The molecule has 0 aliphatic carbocycles. The van der Waals surface area contributed by atoms with Crippen molar-refractivity contribution >= 4 is 5.91 Å². The quantitative estimate of drug-likeness (QED) is 0.863. The Hall–Kier alpha value is -1.55. The van der Waals surface area contributed by atoms with E-state index in [9.17, 15) is 4.79 Å². The SMILES string of the molecule is COc1ccc(C(C)N(C)C(=O)[C@H](C)N)cc1. The maximum Gasteiger partial charge on any atom is 0.239 e. The van der Waals surface area contributed by atoms with Gasteiger partial charge in [-0.15, -0.1) is 0 Å². The molecule has 0 saturated carbocycles. The summed E-state index contributed by atoms with van der Waals surface area (Å²) in [5, 5.41) is 0. The number of carbonyl (C=O) groups is 1. The first-order valence-corrected chi connectivity index (χ1v) is 5.63. The molecule has 4 heteroatoms. The molecule has 17 heavy (non-hydrogen) atoms. The standard InChI is InChI=1S/C13H20N2O2/c1-9(14)13(16)15(3)10(2)11-5-7-12(17-4)8-6-11/h5-10H,14H2,1-4H3/t9-,10?/m0/s1. The van der Waals surface area contributed by atoms with Gasteiger partial charge in [0, 0.05) is 7.05 Å². The van der Waals surface area contributed by atoms with Crippen LogP contribution in [0, 0.1) is 0 Å². The number of rotatable bonds is 4. The van der Waals surface area contributed by atoms with Crippen LogP contribution in [0.1, 0.15) is 25.5 Å². The third kappa shape index (κ3) is 3.20. The number of nitrogens with two attached hydrogens (primary N) is 1. The van der Waals surface area contributed by atoms with E-state index in [0.29, 0.717) is 0 Å². The molecule has 1 aromatic carbocycles. The first-order valence-electron chi connectivity index (χ1n) is 5.63. The van der Waals surface area contributed by atoms with E-state index < -0.39 is 6.04 Å². The average molecular weight is 236 g/mol. The molecule has 1 aromatic rings. The average Bonchev–Trinajstić information content (AvgIpc) is 2.36. The Morgan fingerprint density at radius 1 is 1.29 bits per heavy atom. The number of likely N-dealkylation sites (N-methyl/N-ethyl adjacent to an activating group) is 1. The highest BCUT2D eigenvalue weighted by Gasteiger charge is 2.19. The van der Waals surface area contributed by atoms with Crippen molar-refractivity contribution in [3.63, 3.8) is 0 Å². The molecule has 4 nitrogen and oxygen atoms in total. The summed E-state index contributed by atoms with van der Waals surface area (Å²) in [5.74, 6) is 0.746. The fourth-order valence-electron chi connectivity index (χ4n) is 1.62. The lowest BCUT2D eigenvalue weighted by molar-refractivity contribution is -0.132. The van der Waals surface area contributed by atoms with Crippen LogP contribution in [0.3, 0.4) is 0 Å². The van der Waals surface area contributed by atoms with Crippen molar-refractivity contribution in [2.24, 2.45) is 5.73 Å². The van der Waals surface area contributed by atoms with Crippen molar-refractivity contribution in [2.45, 2.75) is 25.9 Å². The first-order chi connectivity index (χ1) is 7.97. The molecule has 2 N–H and O–H groups in total. The van der Waals surface area contributed by atoms with Crippen molar-refractivity contribution in [3.8, 4) is 5.75 Å². The van der Waals surface area contributed by atoms with E-state index in [1.165, 1.54) is 0 Å². The summed E-state index contributed by atoms with van der Waals surface area (Å²) in [6.45, 7) is 3.67. The summed E-state index contributed by atoms with van der Waals surface area (Å²) in [4.78, 5) is 13.4. The van der Waals surface area contributed by atoms with Gasteiger partial charge in [-0.05, 0) is 31.5 Å². The van der Waals surface area contributed by atoms with Crippen LogP contribution in [-0.4, -0.2) is 31.0 Å². The number of hydrogen-bond acceptors (Lipinski definition) is 3. The first kappa shape index (κ1) is 13.5. The van der Waals surface area contributed by atoms with E-state index in [2.05, 4.69) is 0 Å². The van der Waals surface area contributed by atoms with Crippen LogP contribution in [0.15, 0.2) is 24.3 Å². The Morgan fingerprint density at radius 3 is 2.24 bits per heavy atom. The second-order valence-electron chi connectivity index (χ2n) is 4.19. The molecule has 0 spiro atoms. The molecule has 0 aliphatic rings. The second-order valence-corrected chi connectivity index (χ2v) is 4.19. The number of methoxy groups -OCH3 is 1. The molecule has 1 rings (SSSR count). The minimum atomic E-state index is -0.472. The highest BCUT2D eigenvalue weighted by Crippen LogP contribution is 2.21. The molecule has 0 bridgehead atoms. The van der Waals surface area contributed by atoms with Gasteiger partial charge < -0.3 is 15.4 Å². The van der Waals surface area contributed by atoms with Crippen LogP contribution in [0.2, 0.25) is 0 Å². The third-order valence-corrected chi connectivity index (χ3v) is 2.92. The van der Waals surface area contributed by atoms with Crippen molar-refractivity contribution < 1.29 is 9.53 Å². The van der Waals surface area contributed by atoms with Gasteiger partial charge in [0.15, 0.2) is 0 Å². The zero-order valence-electron chi connectivity index (χ0n) is 10.8. The van der Waals surface area contributed by atoms with Gasteiger partial charge in [0.25, 0.3) is 0 Å². The van der Waals surface area contributed by atoms with Crippen LogP contribution < -0.4 is 10.5 Å². The smallest absolute Gasteiger partial charge is 0.239 e. The van der Waals surface area contributed by atoms with E-state index in [1.54, 1.807) is 26.0 Å². The number of amides is 1.